The van der Waals surface area contributed by atoms with Crippen LogP contribution in [-0.4, -0.2) is 45.5 Å². The monoisotopic (exact) mass is 343 g/mol. The number of carbonyl (C=O) groups excluding carboxylic acids is 1. The minimum absolute atomic E-state index is 0.0718. The molecule has 2 aromatic rings. The van der Waals surface area contributed by atoms with Crippen LogP contribution in [0.3, 0.4) is 0 Å². The maximum atomic E-state index is 12.3. The number of nitrogens with one attached hydrogen (secondary N) is 1. The summed E-state index contributed by atoms with van der Waals surface area (Å²) < 4.78 is 18.7. The van der Waals surface area contributed by atoms with Gasteiger partial charge in [-0.1, -0.05) is 30.3 Å². The van der Waals surface area contributed by atoms with Gasteiger partial charge in [0.1, 0.15) is 6.10 Å². The average Bonchev–Trinajstić information content (AvgIpc) is 3.11. The molecule has 1 aromatic carbocycles. The van der Waals surface area contributed by atoms with Gasteiger partial charge in [-0.25, -0.2) is 0 Å². The Hall–Kier alpha value is -2.71. The third kappa shape index (κ3) is 2.90. The third-order valence-electron chi connectivity index (χ3n) is 4.27. The molecule has 2 aliphatic rings. The van der Waals surface area contributed by atoms with E-state index in [1.165, 1.54) is 6.07 Å². The normalized spacial score (nSPS) is 26.6. The Morgan fingerprint density at radius 1 is 1.32 bits per heavy atom. The molecular weight excluding hydrogens is 326 g/mol. The predicted molar refractivity (Wildman–Crippen MR) is 83.5 cm³/mol. The molecule has 0 saturated carbocycles. The predicted octanol–water partition coefficient (Wildman–Crippen LogP) is 0.168. The van der Waals surface area contributed by atoms with Gasteiger partial charge in [0.25, 0.3) is 0 Å². The third-order valence-corrected chi connectivity index (χ3v) is 4.27. The van der Waals surface area contributed by atoms with E-state index in [1.54, 1.807) is 10.8 Å². The van der Waals surface area contributed by atoms with Crippen LogP contribution in [0.4, 0.5) is 0 Å². The summed E-state index contributed by atoms with van der Waals surface area (Å²) in [5.74, 6) is -0.419. The van der Waals surface area contributed by atoms with Gasteiger partial charge in [-0.2, -0.15) is 4.98 Å². The molecule has 25 heavy (non-hydrogen) atoms. The zero-order valence-electron chi connectivity index (χ0n) is 13.2. The van der Waals surface area contributed by atoms with Crippen LogP contribution < -0.4 is 10.2 Å². The van der Waals surface area contributed by atoms with Gasteiger partial charge in [-0.3, -0.25) is 14.8 Å². The van der Waals surface area contributed by atoms with E-state index in [4.69, 9.17) is 19.6 Å². The van der Waals surface area contributed by atoms with Crippen LogP contribution in [0, 0.1) is 5.41 Å². The first-order valence-corrected chi connectivity index (χ1v) is 7.96. The molecule has 8 heteroatoms. The summed E-state index contributed by atoms with van der Waals surface area (Å²) in [6, 6.07) is 11.0. The van der Waals surface area contributed by atoms with Crippen molar-refractivity contribution in [2.24, 2.45) is 0 Å². The smallest absolute Gasteiger partial charge is 0.310 e. The number of ether oxygens (including phenoxy) is 3. The lowest BCUT2D eigenvalue weighted by atomic mass is 10.1. The van der Waals surface area contributed by atoms with Gasteiger partial charge in [0, 0.05) is 6.20 Å². The van der Waals surface area contributed by atoms with Gasteiger partial charge >= 0.3 is 12.0 Å². The second-order valence-corrected chi connectivity index (χ2v) is 5.95. The van der Waals surface area contributed by atoms with Crippen molar-refractivity contribution in [2.75, 3.05) is 6.61 Å². The molecule has 1 fully saturated rings. The van der Waals surface area contributed by atoms with Crippen molar-refractivity contribution in [3.63, 3.8) is 0 Å². The summed E-state index contributed by atoms with van der Waals surface area (Å²) in [5, 5.41) is 17.1. The van der Waals surface area contributed by atoms with Crippen molar-refractivity contribution >= 4 is 5.97 Å². The van der Waals surface area contributed by atoms with Crippen molar-refractivity contribution < 1.29 is 24.1 Å². The van der Waals surface area contributed by atoms with E-state index in [9.17, 15) is 9.90 Å². The van der Waals surface area contributed by atoms with Gasteiger partial charge in [0.2, 0.25) is 0 Å². The van der Waals surface area contributed by atoms with E-state index in [0.717, 1.165) is 5.56 Å². The van der Waals surface area contributed by atoms with E-state index in [-0.39, 0.29) is 24.5 Å². The fraction of sp³-hybridized carbons (Fsp3) is 0.353. The lowest BCUT2D eigenvalue weighted by Gasteiger charge is -2.20. The molecule has 0 spiro atoms. The van der Waals surface area contributed by atoms with Crippen LogP contribution in [-0.2, 0) is 20.7 Å². The topological polar surface area (TPSA) is 107 Å². The summed E-state index contributed by atoms with van der Waals surface area (Å²) in [7, 11) is 0. The Morgan fingerprint density at radius 3 is 2.88 bits per heavy atom. The number of nitrogens with zero attached hydrogens (tertiary/aromatic N) is 2. The fourth-order valence-electron chi connectivity index (χ4n) is 3.12. The largest absolute Gasteiger partial charge is 0.455 e. The van der Waals surface area contributed by atoms with Gasteiger partial charge < -0.3 is 19.3 Å². The Kier molecular flexibility index (Phi) is 3.98. The number of aliphatic hydroxyl groups is 1. The molecule has 0 aliphatic carbocycles. The summed E-state index contributed by atoms with van der Waals surface area (Å²) in [6.45, 7) is -0.292. The standard InChI is InChI=1S/C17H17N3O5/c18-12-6-7-20-16-15(25-17(20)19-12)14(11(9-21)23-16)24-13(22)8-10-4-2-1-3-5-10/h1-7,11,14-16,18,21H,8-9H2/t11-,14-,15+,16-/m1/s1. The Labute approximate surface area is 143 Å². The van der Waals surface area contributed by atoms with Crippen molar-refractivity contribution in [3.05, 3.63) is 53.6 Å². The van der Waals surface area contributed by atoms with Crippen LogP contribution in [0.2, 0.25) is 0 Å². The number of rotatable bonds is 4. The zero-order chi connectivity index (χ0) is 17.4. The van der Waals surface area contributed by atoms with Crippen LogP contribution in [0.25, 0.3) is 0 Å². The number of hydrogen-bond acceptors (Lipinski definition) is 7. The molecular formula is C17H17N3O5. The van der Waals surface area contributed by atoms with E-state index in [1.807, 2.05) is 30.3 Å². The van der Waals surface area contributed by atoms with E-state index < -0.39 is 30.5 Å². The van der Waals surface area contributed by atoms with Gasteiger partial charge in [0.15, 0.2) is 23.9 Å². The molecule has 0 amide bonds. The molecule has 0 unspecified atom stereocenters. The number of hydrogen-bond donors (Lipinski definition) is 2. The Morgan fingerprint density at radius 2 is 2.12 bits per heavy atom. The number of benzene rings is 1. The van der Waals surface area contributed by atoms with Gasteiger partial charge in [-0.05, 0) is 11.6 Å². The van der Waals surface area contributed by atoms with E-state index in [2.05, 4.69) is 4.98 Å². The van der Waals surface area contributed by atoms with E-state index >= 15 is 0 Å². The second kappa shape index (κ2) is 6.30. The first kappa shape index (κ1) is 15.8. The minimum atomic E-state index is -0.748. The lowest BCUT2D eigenvalue weighted by Crippen LogP contribution is -2.39. The van der Waals surface area contributed by atoms with Crippen molar-refractivity contribution in [2.45, 2.75) is 31.0 Å². The second-order valence-electron chi connectivity index (χ2n) is 5.95. The summed E-state index contributed by atoms with van der Waals surface area (Å²) >= 11 is 0. The van der Waals surface area contributed by atoms with Crippen molar-refractivity contribution in [1.82, 2.24) is 9.55 Å². The maximum absolute atomic E-state index is 12.3. The summed E-state index contributed by atoms with van der Waals surface area (Å²) in [4.78, 5) is 16.3. The number of aliphatic hydroxyl groups excluding tert-OH is 1. The Bertz CT molecular complexity index is 838. The Balaban J connectivity index is 1.51. The molecule has 2 aliphatic heterocycles. The van der Waals surface area contributed by atoms with Crippen LogP contribution in [0.15, 0.2) is 42.6 Å². The SMILES string of the molecule is N=c1ccn2c(n1)O[C@H]1[C@H](OC(=O)Cc3ccccc3)[C@@H](CO)O[C@H]12. The number of esters is 1. The summed E-state index contributed by atoms with van der Waals surface area (Å²) in [5.41, 5.74) is 0.914. The molecule has 2 N–H and O–H groups in total. The first-order chi connectivity index (χ1) is 12.2. The summed E-state index contributed by atoms with van der Waals surface area (Å²) in [6.07, 6.45) is -0.811. The molecule has 4 atom stereocenters. The molecule has 1 saturated heterocycles. The van der Waals surface area contributed by atoms with Crippen molar-refractivity contribution in [1.29, 1.82) is 5.41 Å². The molecule has 0 bridgehead atoms. The molecule has 1 aromatic heterocycles. The molecule has 4 rings (SSSR count). The maximum Gasteiger partial charge on any atom is 0.310 e. The quantitative estimate of drug-likeness (QED) is 0.767. The van der Waals surface area contributed by atoms with Gasteiger partial charge in [0.05, 0.1) is 13.0 Å². The molecule has 3 heterocycles. The highest BCUT2D eigenvalue weighted by atomic mass is 16.7. The first-order valence-electron chi connectivity index (χ1n) is 7.96. The molecule has 8 nitrogen and oxygen atoms in total. The highest BCUT2D eigenvalue weighted by molar-refractivity contribution is 5.72. The van der Waals surface area contributed by atoms with Gasteiger partial charge in [-0.15, -0.1) is 0 Å². The minimum Gasteiger partial charge on any atom is -0.455 e. The number of fused-ring (bicyclic) bond motifs is 3. The number of aromatic nitrogens is 2. The van der Waals surface area contributed by atoms with Crippen LogP contribution in [0.5, 0.6) is 6.01 Å². The lowest BCUT2D eigenvalue weighted by molar-refractivity contribution is -0.155. The van der Waals surface area contributed by atoms with Crippen molar-refractivity contribution in [3.8, 4) is 6.01 Å². The van der Waals surface area contributed by atoms with Crippen LogP contribution in [0.1, 0.15) is 11.8 Å². The highest BCUT2D eigenvalue weighted by Crippen LogP contribution is 2.40. The molecule has 0 radical (unpaired) electrons. The fourth-order valence-corrected chi connectivity index (χ4v) is 3.12. The molecule has 130 valence electrons. The van der Waals surface area contributed by atoms with E-state index in [0.29, 0.717) is 0 Å². The van der Waals surface area contributed by atoms with Crippen LogP contribution >= 0.6 is 0 Å². The highest BCUT2D eigenvalue weighted by Gasteiger charge is 2.53. The number of carbonyl (C=O) groups is 1. The zero-order valence-corrected chi connectivity index (χ0v) is 13.2. The average molecular weight is 343 g/mol.